The molecular formula is C16H24N2O3S. The third-order valence-corrected chi connectivity index (χ3v) is 5.28. The van der Waals surface area contributed by atoms with Gasteiger partial charge in [0.2, 0.25) is 10.0 Å². The Morgan fingerprint density at radius 1 is 1.18 bits per heavy atom. The Kier molecular flexibility index (Phi) is 5.83. The van der Waals surface area contributed by atoms with Crippen LogP contribution in [0.4, 0.5) is 5.69 Å². The minimum absolute atomic E-state index is 0.00545. The monoisotopic (exact) mass is 324 g/mol. The van der Waals surface area contributed by atoms with Crippen LogP contribution in [0.2, 0.25) is 0 Å². The van der Waals surface area contributed by atoms with Crippen LogP contribution in [-0.4, -0.2) is 26.1 Å². The van der Waals surface area contributed by atoms with E-state index in [0.29, 0.717) is 11.3 Å². The van der Waals surface area contributed by atoms with Crippen molar-refractivity contribution in [2.45, 2.75) is 51.5 Å². The van der Waals surface area contributed by atoms with Gasteiger partial charge in [0.25, 0.3) is 5.91 Å². The number of hydrogen-bond donors (Lipinski definition) is 2. The molecule has 0 saturated heterocycles. The molecule has 0 aliphatic heterocycles. The third-order valence-electron chi connectivity index (χ3n) is 3.97. The zero-order valence-corrected chi connectivity index (χ0v) is 13.8. The van der Waals surface area contributed by atoms with Gasteiger partial charge in [-0.15, -0.1) is 0 Å². The molecule has 0 aromatic heterocycles. The van der Waals surface area contributed by atoms with Crippen LogP contribution in [0, 0.1) is 0 Å². The van der Waals surface area contributed by atoms with Crippen LogP contribution in [0.25, 0.3) is 0 Å². The summed E-state index contributed by atoms with van der Waals surface area (Å²) < 4.78 is 25.7. The second kappa shape index (κ2) is 7.63. The molecule has 5 nitrogen and oxygen atoms in total. The Morgan fingerprint density at radius 2 is 1.86 bits per heavy atom. The molecule has 0 heterocycles. The molecule has 0 radical (unpaired) electrons. The summed E-state index contributed by atoms with van der Waals surface area (Å²) in [7, 11) is -3.33. The smallest absolute Gasteiger partial charge is 0.251 e. The number of sulfonamides is 1. The van der Waals surface area contributed by atoms with Crippen molar-refractivity contribution in [1.29, 1.82) is 0 Å². The Bertz CT molecular complexity index is 606. The van der Waals surface area contributed by atoms with E-state index < -0.39 is 10.0 Å². The van der Waals surface area contributed by atoms with E-state index in [0.717, 1.165) is 25.7 Å². The lowest BCUT2D eigenvalue weighted by atomic mass is 10.1. The van der Waals surface area contributed by atoms with Crippen LogP contribution in [0.3, 0.4) is 0 Å². The largest absolute Gasteiger partial charge is 0.349 e. The predicted molar refractivity (Wildman–Crippen MR) is 88.5 cm³/mol. The Balaban J connectivity index is 2.03. The maximum atomic E-state index is 12.3. The fraction of sp³-hybridized carbons (Fsp3) is 0.562. The van der Waals surface area contributed by atoms with E-state index in [1.54, 1.807) is 31.2 Å². The van der Waals surface area contributed by atoms with Gasteiger partial charge in [-0.25, -0.2) is 8.42 Å². The van der Waals surface area contributed by atoms with Crippen LogP contribution in [-0.2, 0) is 10.0 Å². The highest BCUT2D eigenvalue weighted by Crippen LogP contribution is 2.18. The second-order valence-electron chi connectivity index (χ2n) is 5.75. The number of rotatable bonds is 5. The van der Waals surface area contributed by atoms with E-state index in [2.05, 4.69) is 10.0 Å². The van der Waals surface area contributed by atoms with Crippen molar-refractivity contribution in [3.05, 3.63) is 29.8 Å². The highest BCUT2D eigenvalue weighted by molar-refractivity contribution is 7.92. The molecule has 2 N–H and O–H groups in total. The van der Waals surface area contributed by atoms with Gasteiger partial charge in [0, 0.05) is 17.3 Å². The first kappa shape index (κ1) is 16.8. The summed E-state index contributed by atoms with van der Waals surface area (Å²) >= 11 is 0. The fourth-order valence-corrected chi connectivity index (χ4v) is 3.30. The van der Waals surface area contributed by atoms with Crippen LogP contribution in [0.1, 0.15) is 55.8 Å². The van der Waals surface area contributed by atoms with E-state index in [1.165, 1.54) is 12.8 Å². The van der Waals surface area contributed by atoms with E-state index in [9.17, 15) is 13.2 Å². The van der Waals surface area contributed by atoms with Gasteiger partial charge in [-0.05, 0) is 38.0 Å². The SMILES string of the molecule is CCS(=O)(=O)Nc1cccc(C(=O)NC2CCCCCC2)c1. The number of benzene rings is 1. The van der Waals surface area contributed by atoms with Crippen molar-refractivity contribution < 1.29 is 13.2 Å². The van der Waals surface area contributed by atoms with Gasteiger partial charge in [-0.2, -0.15) is 0 Å². The molecule has 22 heavy (non-hydrogen) atoms. The summed E-state index contributed by atoms with van der Waals surface area (Å²) in [6.07, 6.45) is 6.83. The molecule has 0 spiro atoms. The Hall–Kier alpha value is -1.56. The van der Waals surface area contributed by atoms with Gasteiger partial charge in [0.15, 0.2) is 0 Å². The molecule has 1 fully saturated rings. The molecule has 2 rings (SSSR count). The summed E-state index contributed by atoms with van der Waals surface area (Å²) in [5.74, 6) is -0.129. The van der Waals surface area contributed by atoms with Gasteiger partial charge < -0.3 is 5.32 Å². The molecule has 0 bridgehead atoms. The molecule has 1 aliphatic rings. The average molecular weight is 324 g/mol. The maximum Gasteiger partial charge on any atom is 0.251 e. The van der Waals surface area contributed by atoms with Crippen LogP contribution in [0.15, 0.2) is 24.3 Å². The number of carbonyl (C=O) groups is 1. The number of anilines is 1. The van der Waals surface area contributed by atoms with Gasteiger partial charge in [0.05, 0.1) is 5.75 Å². The molecule has 1 aliphatic carbocycles. The highest BCUT2D eigenvalue weighted by Gasteiger charge is 2.16. The molecule has 6 heteroatoms. The lowest BCUT2D eigenvalue weighted by Gasteiger charge is -2.16. The van der Waals surface area contributed by atoms with Crippen molar-refractivity contribution in [2.75, 3.05) is 10.5 Å². The lowest BCUT2D eigenvalue weighted by Crippen LogP contribution is -2.34. The maximum absolute atomic E-state index is 12.3. The van der Waals surface area contributed by atoms with E-state index in [1.807, 2.05) is 0 Å². The predicted octanol–water partition coefficient (Wildman–Crippen LogP) is 2.90. The van der Waals surface area contributed by atoms with Crippen molar-refractivity contribution in [2.24, 2.45) is 0 Å². The standard InChI is InChI=1S/C16H24N2O3S/c1-2-22(20,21)18-15-11-7-8-13(12-15)16(19)17-14-9-5-3-4-6-10-14/h7-8,11-12,14,18H,2-6,9-10H2,1H3,(H,17,19). The quantitative estimate of drug-likeness (QED) is 0.818. The molecular weight excluding hydrogens is 300 g/mol. The van der Waals surface area contributed by atoms with Crippen molar-refractivity contribution in [3.63, 3.8) is 0 Å². The second-order valence-corrected chi connectivity index (χ2v) is 7.76. The molecule has 1 saturated carbocycles. The lowest BCUT2D eigenvalue weighted by molar-refractivity contribution is 0.0933. The zero-order chi connectivity index (χ0) is 16.0. The summed E-state index contributed by atoms with van der Waals surface area (Å²) in [4.78, 5) is 12.3. The third kappa shape index (κ3) is 5.02. The first-order valence-electron chi connectivity index (χ1n) is 7.91. The van der Waals surface area contributed by atoms with Gasteiger partial charge in [0.1, 0.15) is 0 Å². The van der Waals surface area contributed by atoms with Gasteiger partial charge >= 0.3 is 0 Å². The van der Waals surface area contributed by atoms with Crippen molar-refractivity contribution >= 4 is 21.6 Å². The summed E-state index contributed by atoms with van der Waals surface area (Å²) in [5.41, 5.74) is 0.913. The number of nitrogens with one attached hydrogen (secondary N) is 2. The number of hydrogen-bond acceptors (Lipinski definition) is 3. The molecule has 1 aromatic rings. The van der Waals surface area contributed by atoms with Crippen LogP contribution >= 0.6 is 0 Å². The van der Waals surface area contributed by atoms with E-state index in [4.69, 9.17) is 0 Å². The highest BCUT2D eigenvalue weighted by atomic mass is 32.2. The molecule has 0 unspecified atom stereocenters. The number of amides is 1. The first-order valence-corrected chi connectivity index (χ1v) is 9.57. The van der Waals surface area contributed by atoms with Gasteiger partial charge in [-0.3, -0.25) is 9.52 Å². The molecule has 0 atom stereocenters. The zero-order valence-electron chi connectivity index (χ0n) is 13.0. The summed E-state index contributed by atoms with van der Waals surface area (Å²) in [6.45, 7) is 1.57. The Labute approximate surface area is 132 Å². The fourth-order valence-electron chi connectivity index (χ4n) is 2.67. The van der Waals surface area contributed by atoms with Crippen LogP contribution in [0.5, 0.6) is 0 Å². The van der Waals surface area contributed by atoms with E-state index >= 15 is 0 Å². The first-order chi connectivity index (χ1) is 10.5. The molecule has 1 amide bonds. The van der Waals surface area contributed by atoms with Crippen molar-refractivity contribution in [3.8, 4) is 0 Å². The number of carbonyl (C=O) groups excluding carboxylic acids is 1. The Morgan fingerprint density at radius 3 is 2.50 bits per heavy atom. The minimum atomic E-state index is -3.33. The summed E-state index contributed by atoms with van der Waals surface area (Å²) in [6, 6.07) is 6.85. The minimum Gasteiger partial charge on any atom is -0.349 e. The van der Waals surface area contributed by atoms with Crippen molar-refractivity contribution in [1.82, 2.24) is 5.32 Å². The topological polar surface area (TPSA) is 75.3 Å². The summed E-state index contributed by atoms with van der Waals surface area (Å²) in [5, 5.41) is 3.06. The van der Waals surface area contributed by atoms with Crippen LogP contribution < -0.4 is 10.0 Å². The average Bonchev–Trinajstić information content (AvgIpc) is 2.76. The normalized spacial score (nSPS) is 16.8. The molecule has 1 aromatic carbocycles. The molecule has 122 valence electrons. The van der Waals surface area contributed by atoms with E-state index in [-0.39, 0.29) is 17.7 Å². The van der Waals surface area contributed by atoms with Gasteiger partial charge in [-0.1, -0.05) is 31.7 Å².